The molecule has 0 aliphatic heterocycles. The van der Waals surface area contributed by atoms with E-state index in [4.69, 9.17) is 9.84 Å². The number of pyridine rings is 2. The van der Waals surface area contributed by atoms with Crippen LogP contribution in [0, 0.1) is 0 Å². The Labute approximate surface area is 110 Å². The second-order valence-electron chi connectivity index (χ2n) is 4.06. The summed E-state index contributed by atoms with van der Waals surface area (Å²) in [6, 6.07) is 14.9. The number of benzene rings is 1. The fourth-order valence-corrected chi connectivity index (χ4v) is 1.87. The highest BCUT2D eigenvalue weighted by Crippen LogP contribution is 2.27. The summed E-state index contributed by atoms with van der Waals surface area (Å²) in [5, 5.41) is 10.1. The zero-order valence-electron chi connectivity index (χ0n) is 10.2. The van der Waals surface area contributed by atoms with Crippen molar-refractivity contribution in [2.45, 2.75) is 6.61 Å². The van der Waals surface area contributed by atoms with Crippen LogP contribution in [-0.2, 0) is 6.61 Å². The van der Waals surface area contributed by atoms with Gasteiger partial charge in [-0.2, -0.15) is 0 Å². The van der Waals surface area contributed by atoms with E-state index in [0.29, 0.717) is 17.3 Å². The normalized spacial score (nSPS) is 10.6. The predicted molar refractivity (Wildman–Crippen MR) is 72.0 cm³/mol. The van der Waals surface area contributed by atoms with E-state index in [9.17, 15) is 0 Å². The monoisotopic (exact) mass is 252 g/mol. The second-order valence-corrected chi connectivity index (χ2v) is 4.06. The van der Waals surface area contributed by atoms with Gasteiger partial charge < -0.3 is 9.84 Å². The Balaban J connectivity index is 2.01. The van der Waals surface area contributed by atoms with Gasteiger partial charge in [-0.3, -0.25) is 4.98 Å². The van der Waals surface area contributed by atoms with Crippen LogP contribution in [0.1, 0.15) is 5.69 Å². The molecule has 2 aromatic heterocycles. The Morgan fingerprint density at radius 1 is 1.00 bits per heavy atom. The molecule has 1 aromatic carbocycles. The number of aromatic nitrogens is 2. The summed E-state index contributed by atoms with van der Waals surface area (Å²) in [6.07, 6.45) is 1.73. The van der Waals surface area contributed by atoms with Crippen LogP contribution in [-0.4, -0.2) is 15.1 Å². The molecule has 1 N–H and O–H groups in total. The average molecular weight is 252 g/mol. The Bertz CT molecular complexity index is 708. The molecule has 0 atom stereocenters. The molecule has 0 aliphatic carbocycles. The van der Waals surface area contributed by atoms with Crippen LogP contribution in [0.5, 0.6) is 11.6 Å². The first-order valence-electron chi connectivity index (χ1n) is 5.95. The maximum Gasteiger partial charge on any atom is 0.219 e. The van der Waals surface area contributed by atoms with Crippen LogP contribution in [0.4, 0.5) is 0 Å². The molecule has 94 valence electrons. The summed E-state index contributed by atoms with van der Waals surface area (Å²) in [6.45, 7) is -0.106. The maximum absolute atomic E-state index is 9.07. The number of hydrogen-bond donors (Lipinski definition) is 1. The summed E-state index contributed by atoms with van der Waals surface area (Å²) in [5.41, 5.74) is 1.37. The molecule has 0 spiro atoms. The van der Waals surface area contributed by atoms with Gasteiger partial charge in [-0.25, -0.2) is 4.98 Å². The van der Waals surface area contributed by atoms with Crippen molar-refractivity contribution < 1.29 is 9.84 Å². The molecule has 0 aliphatic rings. The topological polar surface area (TPSA) is 55.2 Å². The van der Waals surface area contributed by atoms with Crippen LogP contribution in [0.15, 0.2) is 54.7 Å². The lowest BCUT2D eigenvalue weighted by Crippen LogP contribution is -1.93. The van der Waals surface area contributed by atoms with Gasteiger partial charge in [0, 0.05) is 17.6 Å². The lowest BCUT2D eigenvalue weighted by Gasteiger charge is -2.07. The summed E-state index contributed by atoms with van der Waals surface area (Å²) in [7, 11) is 0. The number of nitrogens with zero attached hydrogens (tertiary/aromatic N) is 2. The molecule has 19 heavy (non-hydrogen) atoms. The predicted octanol–water partition coefficient (Wildman–Crippen LogP) is 2.91. The number of hydrogen-bond acceptors (Lipinski definition) is 4. The third-order valence-corrected chi connectivity index (χ3v) is 2.75. The first-order chi connectivity index (χ1) is 9.36. The SMILES string of the molecule is OCc1cccc(Oc2cccc3cccnc23)n1. The highest BCUT2D eigenvalue weighted by Gasteiger charge is 2.05. The van der Waals surface area contributed by atoms with Gasteiger partial charge in [0.25, 0.3) is 0 Å². The van der Waals surface area contributed by atoms with Crippen molar-refractivity contribution in [3.8, 4) is 11.6 Å². The summed E-state index contributed by atoms with van der Waals surface area (Å²) in [5.74, 6) is 1.10. The summed E-state index contributed by atoms with van der Waals surface area (Å²) in [4.78, 5) is 8.51. The highest BCUT2D eigenvalue weighted by atomic mass is 16.5. The third-order valence-electron chi connectivity index (χ3n) is 2.75. The second kappa shape index (κ2) is 5.04. The largest absolute Gasteiger partial charge is 0.437 e. The quantitative estimate of drug-likeness (QED) is 0.778. The van der Waals surface area contributed by atoms with Gasteiger partial charge in [0.1, 0.15) is 5.52 Å². The van der Waals surface area contributed by atoms with Crippen molar-refractivity contribution in [2.75, 3.05) is 0 Å². The van der Waals surface area contributed by atoms with E-state index in [-0.39, 0.29) is 6.61 Å². The molecule has 0 saturated carbocycles. The molecule has 0 fully saturated rings. The first-order valence-corrected chi connectivity index (χ1v) is 5.95. The van der Waals surface area contributed by atoms with Crippen LogP contribution < -0.4 is 4.74 Å². The van der Waals surface area contributed by atoms with Crippen molar-refractivity contribution in [3.63, 3.8) is 0 Å². The van der Waals surface area contributed by atoms with Gasteiger partial charge in [-0.15, -0.1) is 0 Å². The Morgan fingerprint density at radius 2 is 1.84 bits per heavy atom. The van der Waals surface area contributed by atoms with Crippen LogP contribution in [0.3, 0.4) is 0 Å². The number of rotatable bonds is 3. The minimum Gasteiger partial charge on any atom is -0.437 e. The number of ether oxygens (including phenoxy) is 1. The molecule has 0 saturated heterocycles. The van der Waals surface area contributed by atoms with Crippen molar-refractivity contribution in [2.24, 2.45) is 0 Å². The van der Waals surface area contributed by atoms with Crippen molar-refractivity contribution in [3.05, 3.63) is 60.4 Å². The Kier molecular flexibility index (Phi) is 3.08. The van der Waals surface area contributed by atoms with Crippen molar-refractivity contribution in [1.82, 2.24) is 9.97 Å². The summed E-state index contributed by atoms with van der Waals surface area (Å²) < 4.78 is 5.75. The van der Waals surface area contributed by atoms with Crippen LogP contribution in [0.25, 0.3) is 10.9 Å². The fraction of sp³-hybridized carbons (Fsp3) is 0.0667. The van der Waals surface area contributed by atoms with Gasteiger partial charge in [0.05, 0.1) is 12.3 Å². The van der Waals surface area contributed by atoms with Crippen molar-refractivity contribution in [1.29, 1.82) is 0 Å². The first kappa shape index (κ1) is 11.6. The van der Waals surface area contributed by atoms with Crippen LogP contribution in [0.2, 0.25) is 0 Å². The van der Waals surface area contributed by atoms with Gasteiger partial charge in [-0.05, 0) is 18.2 Å². The lowest BCUT2D eigenvalue weighted by atomic mass is 10.2. The van der Waals surface area contributed by atoms with E-state index in [1.807, 2.05) is 30.3 Å². The average Bonchev–Trinajstić information content (AvgIpc) is 2.48. The van der Waals surface area contributed by atoms with Gasteiger partial charge >= 0.3 is 0 Å². The maximum atomic E-state index is 9.07. The number of fused-ring (bicyclic) bond motifs is 1. The number of aliphatic hydroxyl groups is 1. The third kappa shape index (κ3) is 2.39. The molecule has 0 radical (unpaired) electrons. The van der Waals surface area contributed by atoms with Gasteiger partial charge in [0.2, 0.25) is 5.88 Å². The molecule has 0 bridgehead atoms. The number of aliphatic hydroxyl groups excluding tert-OH is 1. The fourth-order valence-electron chi connectivity index (χ4n) is 1.87. The van der Waals surface area contributed by atoms with E-state index in [1.54, 1.807) is 24.4 Å². The lowest BCUT2D eigenvalue weighted by molar-refractivity contribution is 0.275. The Hall–Kier alpha value is -2.46. The molecule has 0 unspecified atom stereocenters. The smallest absolute Gasteiger partial charge is 0.219 e. The minimum absolute atomic E-state index is 0.106. The number of para-hydroxylation sites is 1. The van der Waals surface area contributed by atoms with Crippen LogP contribution >= 0.6 is 0 Å². The van der Waals surface area contributed by atoms with E-state index in [0.717, 1.165) is 10.9 Å². The molecular weight excluding hydrogens is 240 g/mol. The van der Waals surface area contributed by atoms with Gasteiger partial charge in [-0.1, -0.05) is 24.3 Å². The highest BCUT2D eigenvalue weighted by molar-refractivity contribution is 5.84. The molecule has 4 heteroatoms. The van der Waals surface area contributed by atoms with E-state index in [2.05, 4.69) is 9.97 Å². The molecule has 2 heterocycles. The molecule has 3 rings (SSSR count). The van der Waals surface area contributed by atoms with Crippen molar-refractivity contribution >= 4 is 10.9 Å². The van der Waals surface area contributed by atoms with Gasteiger partial charge in [0.15, 0.2) is 5.75 Å². The van der Waals surface area contributed by atoms with E-state index < -0.39 is 0 Å². The van der Waals surface area contributed by atoms with E-state index >= 15 is 0 Å². The molecule has 4 nitrogen and oxygen atoms in total. The zero-order chi connectivity index (χ0) is 13.1. The molecule has 3 aromatic rings. The molecule has 0 amide bonds. The summed E-state index contributed by atoms with van der Waals surface area (Å²) >= 11 is 0. The standard InChI is InChI=1S/C15H12N2O2/c18-10-12-6-2-8-14(17-12)19-13-7-1-4-11-5-3-9-16-15(11)13/h1-9,18H,10H2. The van der Waals surface area contributed by atoms with E-state index in [1.165, 1.54) is 0 Å². The minimum atomic E-state index is -0.106. The molecular formula is C15H12N2O2. The Morgan fingerprint density at radius 3 is 2.74 bits per heavy atom. The zero-order valence-corrected chi connectivity index (χ0v) is 10.2.